The summed E-state index contributed by atoms with van der Waals surface area (Å²) in [5, 5.41) is 13.2. The Morgan fingerprint density at radius 1 is 1.25 bits per heavy atom. The van der Waals surface area contributed by atoms with Gasteiger partial charge in [0.05, 0.1) is 7.11 Å². The van der Waals surface area contributed by atoms with E-state index in [0.717, 1.165) is 26.2 Å². The highest BCUT2D eigenvalue weighted by Gasteiger charge is 2.32. The number of aromatic hydroxyl groups is 1. The largest absolute Gasteiger partial charge is 0.504 e. The number of methoxy groups -OCH3 is 1. The van der Waals surface area contributed by atoms with E-state index in [-0.39, 0.29) is 11.2 Å². The van der Waals surface area contributed by atoms with Crippen LogP contribution in [0.4, 0.5) is 0 Å². The number of nitrogens with zero attached hydrogens (tertiary/aromatic N) is 1. The van der Waals surface area contributed by atoms with E-state index in [9.17, 15) is 5.11 Å². The van der Waals surface area contributed by atoms with E-state index in [0.29, 0.717) is 11.8 Å². The van der Waals surface area contributed by atoms with E-state index in [1.54, 1.807) is 13.2 Å². The fraction of sp³-hybridized carbons (Fsp3) is 0.625. The zero-order valence-corrected chi connectivity index (χ0v) is 12.9. The lowest BCUT2D eigenvalue weighted by atomic mass is 9.81. The molecule has 0 spiro atoms. The molecular formula is C16H26N2O2. The van der Waals surface area contributed by atoms with E-state index in [2.05, 4.69) is 31.0 Å². The molecule has 1 aliphatic heterocycles. The summed E-state index contributed by atoms with van der Waals surface area (Å²) in [5.74, 6) is 0.746. The van der Waals surface area contributed by atoms with Crippen molar-refractivity contribution in [1.82, 2.24) is 10.2 Å². The second-order valence-electron chi connectivity index (χ2n) is 6.49. The molecule has 1 aromatic rings. The molecule has 2 N–H and O–H groups in total. The smallest absolute Gasteiger partial charge is 0.160 e. The van der Waals surface area contributed by atoms with Crippen molar-refractivity contribution in [2.45, 2.75) is 26.8 Å². The van der Waals surface area contributed by atoms with Crippen LogP contribution in [0.25, 0.3) is 0 Å². The first-order valence-electron chi connectivity index (χ1n) is 7.25. The van der Waals surface area contributed by atoms with Crippen LogP contribution in [-0.4, -0.2) is 43.3 Å². The molecule has 1 fully saturated rings. The Balaban J connectivity index is 2.35. The van der Waals surface area contributed by atoms with Gasteiger partial charge in [-0.2, -0.15) is 0 Å². The molecule has 0 aliphatic carbocycles. The molecule has 0 unspecified atom stereocenters. The predicted molar refractivity (Wildman–Crippen MR) is 81.3 cm³/mol. The van der Waals surface area contributed by atoms with Crippen molar-refractivity contribution >= 4 is 0 Å². The molecule has 112 valence electrons. The second kappa shape index (κ2) is 6.02. The van der Waals surface area contributed by atoms with Gasteiger partial charge in [0, 0.05) is 32.2 Å². The normalized spacial score (nSPS) is 18.8. The fourth-order valence-electron chi connectivity index (χ4n) is 3.06. The Morgan fingerprint density at radius 2 is 1.90 bits per heavy atom. The van der Waals surface area contributed by atoms with E-state index in [4.69, 9.17) is 4.74 Å². The Kier molecular flexibility index (Phi) is 4.55. The van der Waals surface area contributed by atoms with Crippen LogP contribution >= 0.6 is 0 Å². The van der Waals surface area contributed by atoms with E-state index in [1.165, 1.54) is 5.56 Å². The highest BCUT2D eigenvalue weighted by Crippen LogP contribution is 2.40. The molecule has 4 heteroatoms. The third-order valence-corrected chi connectivity index (χ3v) is 3.86. The lowest BCUT2D eigenvalue weighted by Crippen LogP contribution is -2.48. The number of hydrogen-bond donors (Lipinski definition) is 2. The molecule has 1 heterocycles. The molecule has 1 aliphatic rings. The van der Waals surface area contributed by atoms with Crippen molar-refractivity contribution in [3.05, 3.63) is 23.8 Å². The van der Waals surface area contributed by atoms with Crippen LogP contribution in [0.3, 0.4) is 0 Å². The van der Waals surface area contributed by atoms with Gasteiger partial charge in [-0.1, -0.05) is 26.8 Å². The molecule has 0 aromatic heterocycles. The molecule has 1 aromatic carbocycles. The van der Waals surface area contributed by atoms with Gasteiger partial charge >= 0.3 is 0 Å². The molecule has 20 heavy (non-hydrogen) atoms. The molecule has 1 saturated heterocycles. The fourth-order valence-corrected chi connectivity index (χ4v) is 3.06. The van der Waals surface area contributed by atoms with Crippen molar-refractivity contribution < 1.29 is 9.84 Å². The Morgan fingerprint density at radius 3 is 2.45 bits per heavy atom. The third-order valence-electron chi connectivity index (χ3n) is 3.86. The molecule has 1 atom stereocenters. The average molecular weight is 278 g/mol. The Hall–Kier alpha value is -1.26. The molecule has 0 amide bonds. The van der Waals surface area contributed by atoms with Crippen molar-refractivity contribution in [3.63, 3.8) is 0 Å². The molecular weight excluding hydrogens is 252 g/mol. The maximum Gasteiger partial charge on any atom is 0.160 e. The lowest BCUT2D eigenvalue weighted by Gasteiger charge is -2.42. The minimum atomic E-state index is 0.124. The number of hydrogen-bond acceptors (Lipinski definition) is 4. The first-order valence-corrected chi connectivity index (χ1v) is 7.25. The summed E-state index contributed by atoms with van der Waals surface area (Å²) in [7, 11) is 1.59. The minimum Gasteiger partial charge on any atom is -0.504 e. The summed E-state index contributed by atoms with van der Waals surface area (Å²) in [6, 6.07) is 6.03. The number of phenolic OH excluding ortho intramolecular Hbond substituents is 1. The van der Waals surface area contributed by atoms with Crippen molar-refractivity contribution in [2.75, 3.05) is 33.3 Å². The molecule has 4 nitrogen and oxygen atoms in total. The van der Waals surface area contributed by atoms with Crippen LogP contribution < -0.4 is 10.1 Å². The van der Waals surface area contributed by atoms with E-state index in [1.807, 2.05) is 12.1 Å². The number of rotatable bonds is 3. The first kappa shape index (κ1) is 15.1. The molecule has 2 rings (SSSR count). The number of nitrogens with one attached hydrogen (secondary N) is 1. The standard InChI is InChI=1S/C16H26N2O2/c1-16(2,3)15(18-9-7-17-8-10-18)12-5-6-13(19)14(11-12)20-4/h5-6,11,15,17,19H,7-10H2,1-4H3/t15-/m0/s1. The SMILES string of the molecule is COc1cc([C@H](N2CCNCC2)C(C)(C)C)ccc1O. The topological polar surface area (TPSA) is 44.7 Å². The van der Waals surface area contributed by atoms with E-state index < -0.39 is 0 Å². The molecule has 0 saturated carbocycles. The first-order chi connectivity index (χ1) is 9.43. The maximum atomic E-state index is 9.78. The van der Waals surface area contributed by atoms with Crippen LogP contribution in [0.2, 0.25) is 0 Å². The van der Waals surface area contributed by atoms with Gasteiger partial charge in [-0.3, -0.25) is 4.90 Å². The quantitative estimate of drug-likeness (QED) is 0.891. The van der Waals surface area contributed by atoms with Gasteiger partial charge in [0.15, 0.2) is 11.5 Å². The summed E-state index contributed by atoms with van der Waals surface area (Å²) in [4.78, 5) is 2.52. The Labute approximate surface area is 121 Å². The van der Waals surface area contributed by atoms with Crippen molar-refractivity contribution in [1.29, 1.82) is 0 Å². The van der Waals surface area contributed by atoms with Crippen molar-refractivity contribution in [3.8, 4) is 11.5 Å². The average Bonchev–Trinajstić information content (AvgIpc) is 2.40. The third kappa shape index (κ3) is 3.25. The second-order valence-corrected chi connectivity index (χ2v) is 6.49. The van der Waals surface area contributed by atoms with Gasteiger partial charge in [-0.25, -0.2) is 0 Å². The Bertz CT molecular complexity index is 448. The highest BCUT2D eigenvalue weighted by molar-refractivity contribution is 5.43. The van der Waals surface area contributed by atoms with Crippen LogP contribution in [0.15, 0.2) is 18.2 Å². The highest BCUT2D eigenvalue weighted by atomic mass is 16.5. The van der Waals surface area contributed by atoms with Crippen LogP contribution in [-0.2, 0) is 0 Å². The van der Waals surface area contributed by atoms with E-state index >= 15 is 0 Å². The van der Waals surface area contributed by atoms with Crippen LogP contribution in [0, 0.1) is 5.41 Å². The predicted octanol–water partition coefficient (Wildman–Crippen LogP) is 2.39. The van der Waals surface area contributed by atoms with Gasteiger partial charge in [0.1, 0.15) is 0 Å². The number of phenols is 1. The van der Waals surface area contributed by atoms with Gasteiger partial charge in [0.25, 0.3) is 0 Å². The maximum absolute atomic E-state index is 9.78. The molecule has 0 radical (unpaired) electrons. The summed E-state index contributed by atoms with van der Waals surface area (Å²) in [6.07, 6.45) is 0. The van der Waals surface area contributed by atoms with Crippen LogP contribution in [0.1, 0.15) is 32.4 Å². The lowest BCUT2D eigenvalue weighted by molar-refractivity contribution is 0.0860. The zero-order chi connectivity index (χ0) is 14.8. The number of ether oxygens (including phenoxy) is 1. The van der Waals surface area contributed by atoms with Gasteiger partial charge < -0.3 is 15.2 Å². The van der Waals surface area contributed by atoms with Gasteiger partial charge in [0.2, 0.25) is 0 Å². The summed E-state index contributed by atoms with van der Waals surface area (Å²) >= 11 is 0. The summed E-state index contributed by atoms with van der Waals surface area (Å²) in [5.41, 5.74) is 1.33. The molecule has 0 bridgehead atoms. The van der Waals surface area contributed by atoms with Gasteiger partial charge in [-0.05, 0) is 23.1 Å². The zero-order valence-electron chi connectivity index (χ0n) is 12.9. The minimum absolute atomic E-state index is 0.124. The number of benzene rings is 1. The number of piperazine rings is 1. The summed E-state index contributed by atoms with van der Waals surface area (Å²) < 4.78 is 5.25. The van der Waals surface area contributed by atoms with Gasteiger partial charge in [-0.15, -0.1) is 0 Å². The van der Waals surface area contributed by atoms with Crippen LogP contribution in [0.5, 0.6) is 11.5 Å². The monoisotopic (exact) mass is 278 g/mol. The summed E-state index contributed by atoms with van der Waals surface area (Å²) in [6.45, 7) is 10.9. The van der Waals surface area contributed by atoms with Crippen molar-refractivity contribution in [2.24, 2.45) is 5.41 Å².